The number of benzene rings is 1. The van der Waals surface area contributed by atoms with Crippen molar-refractivity contribution in [2.75, 3.05) is 7.11 Å². The molecule has 14 heteroatoms. The van der Waals surface area contributed by atoms with E-state index in [9.17, 15) is 35.1 Å². The van der Waals surface area contributed by atoms with Crippen LogP contribution in [0.4, 0.5) is 35.1 Å². The molecule has 5 nitrogen and oxygen atoms in total. The average molecular weight is 694 g/mol. The smallest absolute Gasteiger partial charge is 0.497 e. The molecule has 0 aliphatic carbocycles. The summed E-state index contributed by atoms with van der Waals surface area (Å²) in [6, 6.07) is 12.1. The largest absolute Gasteiger partial charge is 0.629 e. The van der Waals surface area contributed by atoms with Gasteiger partial charge in [-0.2, -0.15) is 17.9 Å². The summed E-state index contributed by atoms with van der Waals surface area (Å²) in [5.41, 5.74) is -1.97. The molecule has 0 bridgehead atoms. The van der Waals surface area contributed by atoms with Gasteiger partial charge in [-0.3, -0.25) is 13.8 Å². The van der Waals surface area contributed by atoms with Gasteiger partial charge in [-0.1, -0.05) is 23.4 Å². The molecule has 0 saturated heterocycles. The Balaban J connectivity index is 0.000000250. The fourth-order valence-corrected chi connectivity index (χ4v) is 2.73. The molecule has 193 valence electrons. The first-order valence-corrected chi connectivity index (χ1v) is 9.43. The molecule has 0 aliphatic heterocycles. The molecule has 0 N–H and O–H groups in total. The van der Waals surface area contributed by atoms with Gasteiger partial charge in [-0.25, -0.2) is 0 Å². The zero-order valence-corrected chi connectivity index (χ0v) is 20.2. The number of ether oxygens (including phenoxy) is 1. The molecule has 0 fully saturated rings. The number of methoxy groups -OCH3 is 1. The SMILES string of the molecule is COc1ccnc(-c2[c-]cc(F)cc2F)c1.FC(F)(F)c1cc(-c2ccccn2)[n-][n+]1C(F)(F)F.[Ir]. The van der Waals surface area contributed by atoms with Crippen LogP contribution in [0.25, 0.3) is 22.6 Å². The van der Waals surface area contributed by atoms with E-state index < -0.39 is 40.2 Å². The van der Waals surface area contributed by atoms with E-state index in [2.05, 4.69) is 21.1 Å². The Morgan fingerprint density at radius 2 is 1.61 bits per heavy atom. The van der Waals surface area contributed by atoms with Crippen molar-refractivity contribution in [3.8, 4) is 28.4 Å². The first-order valence-electron chi connectivity index (χ1n) is 9.43. The van der Waals surface area contributed by atoms with Crippen molar-refractivity contribution in [1.29, 1.82) is 0 Å². The number of pyridine rings is 2. The van der Waals surface area contributed by atoms with Crippen LogP contribution in [-0.4, -0.2) is 17.1 Å². The van der Waals surface area contributed by atoms with Crippen LogP contribution in [0.1, 0.15) is 5.69 Å². The van der Waals surface area contributed by atoms with Crippen molar-refractivity contribution in [2.45, 2.75) is 12.5 Å². The van der Waals surface area contributed by atoms with Gasteiger partial charge in [0, 0.05) is 50.2 Å². The van der Waals surface area contributed by atoms with Gasteiger partial charge < -0.3 is 14.8 Å². The molecular formula is C22H13F8IrN4O-. The predicted molar refractivity (Wildman–Crippen MR) is 104 cm³/mol. The summed E-state index contributed by atoms with van der Waals surface area (Å²) in [5, 5.41) is 2.93. The van der Waals surface area contributed by atoms with Crippen molar-refractivity contribution in [1.82, 2.24) is 15.1 Å². The fourth-order valence-electron chi connectivity index (χ4n) is 2.73. The summed E-state index contributed by atoms with van der Waals surface area (Å²) in [4.78, 5) is 7.63. The maximum absolute atomic E-state index is 13.4. The molecule has 4 aromatic rings. The zero-order chi connectivity index (χ0) is 25.8. The Labute approximate surface area is 212 Å². The Kier molecular flexibility index (Phi) is 9.27. The second kappa shape index (κ2) is 11.6. The summed E-state index contributed by atoms with van der Waals surface area (Å²) >= 11 is 0. The minimum atomic E-state index is -5.25. The number of hydrogen-bond acceptors (Lipinski definition) is 3. The molecule has 3 aromatic heterocycles. The Morgan fingerprint density at radius 1 is 0.917 bits per heavy atom. The molecule has 1 radical (unpaired) electrons. The topological polar surface area (TPSA) is 53.0 Å². The van der Waals surface area contributed by atoms with Crippen molar-refractivity contribution < 1.29 is 64.6 Å². The molecule has 0 unspecified atom stereocenters. The summed E-state index contributed by atoms with van der Waals surface area (Å²) in [6.07, 6.45) is -7.67. The number of rotatable bonds is 3. The molecular weight excluding hydrogens is 680 g/mol. The van der Waals surface area contributed by atoms with Gasteiger partial charge in [0.05, 0.1) is 12.8 Å². The third kappa shape index (κ3) is 7.07. The maximum Gasteiger partial charge on any atom is 0.629 e. The third-order valence-corrected chi connectivity index (χ3v) is 4.25. The van der Waals surface area contributed by atoms with E-state index in [-0.39, 0.29) is 31.4 Å². The van der Waals surface area contributed by atoms with Crippen LogP contribution in [0.2, 0.25) is 0 Å². The molecule has 0 amide bonds. The monoisotopic (exact) mass is 694 g/mol. The molecule has 3 heterocycles. The van der Waals surface area contributed by atoms with E-state index in [0.29, 0.717) is 17.5 Å². The molecule has 0 atom stereocenters. The van der Waals surface area contributed by atoms with Gasteiger partial charge in [-0.05, 0) is 30.0 Å². The van der Waals surface area contributed by atoms with Crippen LogP contribution in [0, 0.1) is 17.7 Å². The minimum Gasteiger partial charge on any atom is -0.497 e. The average Bonchev–Trinajstić information content (AvgIpc) is 3.27. The number of hydrogen-bond donors (Lipinski definition) is 0. The summed E-state index contributed by atoms with van der Waals surface area (Å²) < 4.78 is 105. The number of aromatic nitrogens is 4. The van der Waals surface area contributed by atoms with E-state index in [0.717, 1.165) is 12.1 Å². The molecule has 1 aromatic carbocycles. The van der Waals surface area contributed by atoms with Gasteiger partial charge in [0.2, 0.25) is 0 Å². The second-order valence-electron chi connectivity index (χ2n) is 6.63. The van der Waals surface area contributed by atoms with E-state index in [1.165, 1.54) is 37.7 Å². The van der Waals surface area contributed by atoms with Gasteiger partial charge in [0.25, 0.3) is 5.69 Å². The fraction of sp³-hybridized carbons (Fsp3) is 0.136. The van der Waals surface area contributed by atoms with Crippen molar-refractivity contribution in [3.63, 3.8) is 0 Å². The number of halogens is 8. The van der Waals surface area contributed by atoms with Gasteiger partial charge in [0.15, 0.2) is 0 Å². The van der Waals surface area contributed by atoms with Crippen molar-refractivity contribution in [3.05, 3.63) is 84.3 Å². The van der Waals surface area contributed by atoms with Crippen molar-refractivity contribution >= 4 is 0 Å². The first kappa shape index (κ1) is 28.9. The van der Waals surface area contributed by atoms with Gasteiger partial charge in [0.1, 0.15) is 5.75 Å². The second-order valence-corrected chi connectivity index (χ2v) is 6.63. The van der Waals surface area contributed by atoms with E-state index in [1.54, 1.807) is 12.1 Å². The predicted octanol–water partition coefficient (Wildman–Crippen LogP) is 5.32. The van der Waals surface area contributed by atoms with Crippen LogP contribution in [-0.2, 0) is 32.6 Å². The van der Waals surface area contributed by atoms with Crippen LogP contribution in [0.15, 0.2) is 60.9 Å². The normalized spacial score (nSPS) is 11.2. The van der Waals surface area contributed by atoms with Gasteiger partial charge >= 0.3 is 12.5 Å². The molecule has 36 heavy (non-hydrogen) atoms. The zero-order valence-electron chi connectivity index (χ0n) is 17.8. The first-order chi connectivity index (χ1) is 16.4. The quantitative estimate of drug-likeness (QED) is 0.166. The summed E-state index contributed by atoms with van der Waals surface area (Å²) in [6.45, 7) is 0. The third-order valence-electron chi connectivity index (χ3n) is 4.25. The molecule has 0 spiro atoms. The van der Waals surface area contributed by atoms with Crippen LogP contribution < -0.4 is 14.5 Å². The number of nitrogens with zero attached hydrogens (tertiary/aromatic N) is 4. The van der Waals surface area contributed by atoms with Gasteiger partial charge in [-0.15, -0.1) is 25.3 Å². The van der Waals surface area contributed by atoms with Crippen LogP contribution in [0.5, 0.6) is 5.75 Å². The van der Waals surface area contributed by atoms with E-state index in [4.69, 9.17) is 4.74 Å². The minimum absolute atomic E-state index is 0. The summed E-state index contributed by atoms with van der Waals surface area (Å²) in [5.74, 6) is -0.799. The number of alkyl halides is 6. The molecule has 4 rings (SSSR count). The standard InChI is InChI=1S/C12H8F2NO.C10H5F6N3.Ir/c1-16-9-4-5-15-12(7-9)10-3-2-8(13)6-11(10)14;11-9(12,13)8-5-7(6-3-1-2-4-17-6)18-19(8)10(14,15)16;/h2,4-7H,1H3;1-5H;/q-1;;. The maximum atomic E-state index is 13.4. The Morgan fingerprint density at radius 3 is 2.14 bits per heavy atom. The van der Waals surface area contributed by atoms with Crippen LogP contribution in [0.3, 0.4) is 0 Å². The molecule has 0 saturated carbocycles. The summed E-state index contributed by atoms with van der Waals surface area (Å²) in [7, 11) is 1.50. The van der Waals surface area contributed by atoms with E-state index >= 15 is 0 Å². The van der Waals surface area contributed by atoms with E-state index in [1.807, 2.05) is 0 Å². The Bertz CT molecular complexity index is 1260. The van der Waals surface area contributed by atoms with Crippen molar-refractivity contribution in [2.24, 2.45) is 0 Å². The molecule has 0 aliphatic rings. The Hall–Kier alpha value is -3.38. The van der Waals surface area contributed by atoms with Crippen LogP contribution >= 0.6 is 0 Å².